The van der Waals surface area contributed by atoms with Crippen LogP contribution in [0.4, 0.5) is 13.2 Å². The zero-order valence-electron chi connectivity index (χ0n) is 18.1. The molecule has 1 aliphatic carbocycles. The van der Waals surface area contributed by atoms with Crippen molar-refractivity contribution < 1.29 is 22.8 Å². The summed E-state index contributed by atoms with van der Waals surface area (Å²) in [7, 11) is 0. The quantitative estimate of drug-likeness (QED) is 0.548. The lowest BCUT2D eigenvalue weighted by molar-refractivity contribution is -0.138. The minimum absolute atomic E-state index is 0.0683. The van der Waals surface area contributed by atoms with Gasteiger partial charge in [-0.25, -0.2) is 0 Å². The second kappa shape index (κ2) is 9.54. The van der Waals surface area contributed by atoms with Crippen molar-refractivity contribution in [2.45, 2.75) is 38.1 Å². The number of nitrogens with one attached hydrogen (secondary N) is 2. The van der Waals surface area contributed by atoms with Crippen LogP contribution in [0.5, 0.6) is 0 Å². The number of amides is 2. The molecule has 0 aliphatic heterocycles. The molecule has 0 unspecified atom stereocenters. The maximum Gasteiger partial charge on any atom is 0.416 e. The summed E-state index contributed by atoms with van der Waals surface area (Å²) in [5.74, 6) is -1.46. The average Bonchev–Trinajstić information content (AvgIpc) is 3.67. The van der Waals surface area contributed by atoms with Crippen LogP contribution in [0, 0.1) is 0 Å². The lowest BCUT2D eigenvalue weighted by atomic mass is 10.1. The molecule has 176 valence electrons. The average molecular weight is 469 g/mol. The Kier molecular flexibility index (Phi) is 6.54. The molecule has 0 radical (unpaired) electrons. The standard InChI is InChI=1S/C25H22F3N3O3/c26-25(27,28)21-9-5-4-8-17(21)13-30-24(34)20-15-31(18-10-11-18)14-19(22(20)32)23(33)29-12-16-6-2-1-3-7-16/h1-9,14-15,18H,10-13H2,(H,29,33)(H,30,34). The van der Waals surface area contributed by atoms with Crippen LogP contribution in [0.15, 0.2) is 71.8 Å². The van der Waals surface area contributed by atoms with E-state index in [0.29, 0.717) is 0 Å². The highest BCUT2D eigenvalue weighted by molar-refractivity contribution is 5.99. The molecule has 1 heterocycles. The first kappa shape index (κ1) is 23.3. The third-order valence-corrected chi connectivity index (χ3v) is 5.56. The predicted molar refractivity (Wildman–Crippen MR) is 119 cm³/mol. The van der Waals surface area contributed by atoms with E-state index in [1.807, 2.05) is 30.3 Å². The van der Waals surface area contributed by atoms with Gasteiger partial charge in [0.1, 0.15) is 11.1 Å². The molecule has 0 spiro atoms. The van der Waals surface area contributed by atoms with Gasteiger partial charge in [-0.15, -0.1) is 0 Å². The number of aromatic nitrogens is 1. The van der Waals surface area contributed by atoms with Crippen LogP contribution in [-0.4, -0.2) is 16.4 Å². The van der Waals surface area contributed by atoms with Gasteiger partial charge in [0, 0.05) is 31.5 Å². The van der Waals surface area contributed by atoms with Gasteiger partial charge in [-0.2, -0.15) is 13.2 Å². The number of pyridine rings is 1. The Morgan fingerprint density at radius 3 is 2.00 bits per heavy atom. The molecule has 0 bridgehead atoms. The Bertz CT molecular complexity index is 1270. The molecule has 2 aromatic carbocycles. The van der Waals surface area contributed by atoms with Crippen LogP contribution >= 0.6 is 0 Å². The Morgan fingerprint density at radius 2 is 1.41 bits per heavy atom. The summed E-state index contributed by atoms with van der Waals surface area (Å²) in [5, 5.41) is 5.08. The molecule has 34 heavy (non-hydrogen) atoms. The van der Waals surface area contributed by atoms with Gasteiger partial charge in [-0.1, -0.05) is 48.5 Å². The molecule has 2 N–H and O–H groups in total. The van der Waals surface area contributed by atoms with Gasteiger partial charge in [0.15, 0.2) is 0 Å². The van der Waals surface area contributed by atoms with Gasteiger partial charge in [0.2, 0.25) is 5.43 Å². The van der Waals surface area contributed by atoms with Crippen LogP contribution in [0.2, 0.25) is 0 Å². The van der Waals surface area contributed by atoms with Crippen molar-refractivity contribution >= 4 is 11.8 Å². The molecule has 3 aromatic rings. The fraction of sp³-hybridized carbons (Fsp3) is 0.240. The summed E-state index contributed by atoms with van der Waals surface area (Å²) in [6, 6.07) is 14.1. The van der Waals surface area contributed by atoms with Crippen LogP contribution < -0.4 is 16.1 Å². The number of hydrogen-bond donors (Lipinski definition) is 2. The van der Waals surface area contributed by atoms with Crippen molar-refractivity contribution in [3.8, 4) is 0 Å². The van der Waals surface area contributed by atoms with E-state index in [0.717, 1.165) is 24.5 Å². The van der Waals surface area contributed by atoms with Gasteiger partial charge in [-0.05, 0) is 30.0 Å². The molecular weight excluding hydrogens is 447 g/mol. The van der Waals surface area contributed by atoms with Gasteiger partial charge in [-0.3, -0.25) is 14.4 Å². The zero-order chi connectivity index (χ0) is 24.3. The van der Waals surface area contributed by atoms with E-state index in [1.54, 1.807) is 4.57 Å². The van der Waals surface area contributed by atoms with Crippen LogP contribution in [0.1, 0.15) is 56.3 Å². The van der Waals surface area contributed by atoms with Gasteiger partial charge >= 0.3 is 6.18 Å². The second-order valence-corrected chi connectivity index (χ2v) is 8.10. The highest BCUT2D eigenvalue weighted by Gasteiger charge is 2.33. The number of hydrogen-bond acceptors (Lipinski definition) is 3. The Morgan fingerprint density at radius 1 is 0.853 bits per heavy atom. The first-order valence-electron chi connectivity index (χ1n) is 10.8. The monoisotopic (exact) mass is 469 g/mol. The van der Waals surface area contributed by atoms with E-state index in [1.165, 1.54) is 30.6 Å². The van der Waals surface area contributed by atoms with Crippen LogP contribution in [0.25, 0.3) is 0 Å². The highest BCUT2D eigenvalue weighted by Crippen LogP contribution is 2.34. The van der Waals surface area contributed by atoms with Crippen LogP contribution in [-0.2, 0) is 19.3 Å². The molecule has 1 saturated carbocycles. The Balaban J connectivity index is 1.56. The minimum atomic E-state index is -4.57. The molecule has 1 fully saturated rings. The van der Waals surface area contributed by atoms with Crippen molar-refractivity contribution in [2.75, 3.05) is 0 Å². The third kappa shape index (κ3) is 5.36. The Hall–Kier alpha value is -3.88. The van der Waals surface area contributed by atoms with E-state index in [-0.39, 0.29) is 29.3 Å². The van der Waals surface area contributed by atoms with Crippen molar-refractivity contribution in [2.24, 2.45) is 0 Å². The molecule has 6 nitrogen and oxygen atoms in total. The summed E-state index contributed by atoms with van der Waals surface area (Å²) in [6.07, 6.45) is -0.103. The van der Waals surface area contributed by atoms with E-state index in [4.69, 9.17) is 0 Å². The first-order valence-corrected chi connectivity index (χ1v) is 10.8. The largest absolute Gasteiger partial charge is 0.416 e. The Labute approximate surface area is 193 Å². The van der Waals surface area contributed by atoms with Crippen molar-refractivity contribution in [1.82, 2.24) is 15.2 Å². The maximum atomic E-state index is 13.2. The number of benzene rings is 2. The van der Waals surface area contributed by atoms with E-state index < -0.39 is 35.5 Å². The molecule has 1 aliphatic rings. The molecule has 4 rings (SSSR count). The van der Waals surface area contributed by atoms with Crippen LogP contribution in [0.3, 0.4) is 0 Å². The molecular formula is C25H22F3N3O3. The smallest absolute Gasteiger partial charge is 0.349 e. The SMILES string of the molecule is O=C(NCc1ccccc1)c1cn(C2CC2)cc(C(=O)NCc2ccccc2C(F)(F)F)c1=O. The first-order chi connectivity index (χ1) is 16.2. The maximum absolute atomic E-state index is 13.2. The normalized spacial score (nSPS) is 13.4. The number of alkyl halides is 3. The zero-order valence-corrected chi connectivity index (χ0v) is 18.1. The number of rotatable bonds is 7. The summed E-state index contributed by atoms with van der Waals surface area (Å²) in [6.45, 7) is -0.213. The van der Waals surface area contributed by atoms with Gasteiger partial charge < -0.3 is 15.2 Å². The second-order valence-electron chi connectivity index (χ2n) is 8.10. The molecule has 0 saturated heterocycles. The third-order valence-electron chi connectivity index (χ3n) is 5.56. The summed E-state index contributed by atoms with van der Waals surface area (Å²) < 4.78 is 41.4. The highest BCUT2D eigenvalue weighted by atomic mass is 19.4. The summed E-state index contributed by atoms with van der Waals surface area (Å²) in [5.41, 5.74) is -1.39. The molecule has 0 atom stereocenters. The van der Waals surface area contributed by atoms with Crippen molar-refractivity contribution in [3.63, 3.8) is 0 Å². The summed E-state index contributed by atoms with van der Waals surface area (Å²) in [4.78, 5) is 38.6. The van der Waals surface area contributed by atoms with Crippen molar-refractivity contribution in [1.29, 1.82) is 0 Å². The van der Waals surface area contributed by atoms with Gasteiger partial charge in [0.25, 0.3) is 11.8 Å². The minimum Gasteiger partial charge on any atom is -0.349 e. The van der Waals surface area contributed by atoms with E-state index >= 15 is 0 Å². The number of carbonyl (C=O) groups is 2. The molecule has 2 amide bonds. The van der Waals surface area contributed by atoms with E-state index in [9.17, 15) is 27.6 Å². The lowest BCUT2D eigenvalue weighted by Crippen LogP contribution is -2.35. The van der Waals surface area contributed by atoms with Crippen molar-refractivity contribution in [3.05, 3.63) is 105 Å². The predicted octanol–water partition coefficient (Wildman–Crippen LogP) is 4.06. The molecule has 9 heteroatoms. The topological polar surface area (TPSA) is 80.2 Å². The van der Waals surface area contributed by atoms with E-state index in [2.05, 4.69) is 10.6 Å². The fourth-order valence-electron chi connectivity index (χ4n) is 3.60. The summed E-state index contributed by atoms with van der Waals surface area (Å²) >= 11 is 0. The fourth-order valence-corrected chi connectivity index (χ4v) is 3.60. The number of carbonyl (C=O) groups excluding carboxylic acids is 2. The van der Waals surface area contributed by atoms with Gasteiger partial charge in [0.05, 0.1) is 5.56 Å². The lowest BCUT2D eigenvalue weighted by Gasteiger charge is -2.14. The number of nitrogens with zero attached hydrogens (tertiary/aromatic N) is 1. The molecule has 1 aromatic heterocycles. The number of halogens is 3.